The van der Waals surface area contributed by atoms with Crippen molar-refractivity contribution >= 4 is 44.2 Å². The van der Waals surface area contributed by atoms with Gasteiger partial charge >= 0.3 is 6.09 Å². The van der Waals surface area contributed by atoms with E-state index in [9.17, 15) is 4.79 Å². The molecule has 2 atom stereocenters. The van der Waals surface area contributed by atoms with Crippen LogP contribution in [0, 0.1) is 19.7 Å². The number of benzene rings is 2. The Morgan fingerprint density at radius 2 is 1.82 bits per heavy atom. The summed E-state index contributed by atoms with van der Waals surface area (Å²) in [7, 11) is 1.61. The lowest BCUT2D eigenvalue weighted by Gasteiger charge is -2.22. The lowest BCUT2D eigenvalue weighted by atomic mass is 10.1. The van der Waals surface area contributed by atoms with Gasteiger partial charge in [0.15, 0.2) is 11.6 Å². The van der Waals surface area contributed by atoms with E-state index in [4.69, 9.17) is 19.2 Å². The number of hydrogen-bond donors (Lipinski definition) is 1. The SMILES string of the molecule is COc1cnc2c(-c3nc4cc(F)c(O[C@@H]5CCC[C@@H]5OC(=O)Nc5cnc(C)nc5)cc4s3)cc(C)cc2c1. The maximum absolute atomic E-state index is 15.2. The van der Waals surface area contributed by atoms with Gasteiger partial charge in [0.25, 0.3) is 0 Å². The molecule has 5 aromatic rings. The zero-order valence-corrected chi connectivity index (χ0v) is 22.9. The van der Waals surface area contributed by atoms with Crippen LogP contribution in [0.5, 0.6) is 11.5 Å². The van der Waals surface area contributed by atoms with Gasteiger partial charge in [0.1, 0.15) is 28.8 Å². The summed E-state index contributed by atoms with van der Waals surface area (Å²) in [6.45, 7) is 3.77. The molecule has 1 N–H and O–H groups in total. The number of aromatic nitrogens is 4. The minimum Gasteiger partial charge on any atom is -0.495 e. The summed E-state index contributed by atoms with van der Waals surface area (Å²) in [5.74, 6) is 0.855. The van der Waals surface area contributed by atoms with Gasteiger partial charge in [-0.05, 0) is 56.9 Å². The van der Waals surface area contributed by atoms with Gasteiger partial charge in [-0.2, -0.15) is 0 Å². The van der Waals surface area contributed by atoms with Crippen LogP contribution in [0.15, 0.2) is 48.9 Å². The van der Waals surface area contributed by atoms with Crippen LogP contribution in [0.1, 0.15) is 30.7 Å². The van der Waals surface area contributed by atoms with Gasteiger partial charge in [0, 0.05) is 23.1 Å². The van der Waals surface area contributed by atoms with E-state index >= 15 is 4.39 Å². The Morgan fingerprint density at radius 3 is 2.62 bits per heavy atom. The topological polar surface area (TPSA) is 108 Å². The second kappa shape index (κ2) is 10.6. The van der Waals surface area contributed by atoms with E-state index in [0.717, 1.165) is 38.2 Å². The molecule has 40 heavy (non-hydrogen) atoms. The third-order valence-corrected chi connectivity index (χ3v) is 7.82. The highest BCUT2D eigenvalue weighted by molar-refractivity contribution is 7.21. The molecule has 0 radical (unpaired) electrons. The van der Waals surface area contributed by atoms with Crippen molar-refractivity contribution in [2.45, 2.75) is 45.3 Å². The molecule has 0 aliphatic heterocycles. The van der Waals surface area contributed by atoms with E-state index < -0.39 is 24.1 Å². The maximum atomic E-state index is 15.2. The quantitative estimate of drug-likeness (QED) is 0.247. The molecule has 2 aromatic carbocycles. The number of methoxy groups -OCH3 is 1. The molecule has 0 bridgehead atoms. The average Bonchev–Trinajstić information content (AvgIpc) is 3.55. The Morgan fingerprint density at radius 1 is 1.02 bits per heavy atom. The standard InChI is InChI=1S/C29H26FN5O4S/c1-15-7-17-9-19(37-3)14-33-27(17)20(8-15)28-35-22-10-21(30)25(11-26(22)40-28)38-23-5-4-6-24(23)39-29(36)34-18-12-31-16(2)32-13-18/h7-14,23-24H,4-6H2,1-3H3,(H,34,36)/t23-,24+/m1/s1. The molecule has 1 amide bonds. The summed E-state index contributed by atoms with van der Waals surface area (Å²) >= 11 is 1.44. The van der Waals surface area contributed by atoms with Crippen LogP contribution < -0.4 is 14.8 Å². The number of hydrogen-bond acceptors (Lipinski definition) is 9. The smallest absolute Gasteiger partial charge is 0.412 e. The largest absolute Gasteiger partial charge is 0.495 e. The summed E-state index contributed by atoms with van der Waals surface area (Å²) < 4.78 is 33.0. The van der Waals surface area contributed by atoms with E-state index in [1.54, 1.807) is 26.3 Å². The fourth-order valence-corrected chi connectivity index (χ4v) is 5.85. The fourth-order valence-electron chi connectivity index (χ4n) is 4.86. The van der Waals surface area contributed by atoms with Gasteiger partial charge in [-0.1, -0.05) is 0 Å². The van der Waals surface area contributed by atoms with Gasteiger partial charge in [0.2, 0.25) is 0 Å². The number of carbonyl (C=O) groups is 1. The zero-order chi connectivity index (χ0) is 27.8. The Hall–Kier alpha value is -4.38. The highest BCUT2D eigenvalue weighted by atomic mass is 32.1. The summed E-state index contributed by atoms with van der Waals surface area (Å²) in [4.78, 5) is 29.9. The van der Waals surface area contributed by atoms with Gasteiger partial charge in [-0.15, -0.1) is 11.3 Å². The average molecular weight is 560 g/mol. The number of rotatable bonds is 6. The van der Waals surface area contributed by atoms with Crippen LogP contribution in [-0.2, 0) is 4.74 Å². The Kier molecular flexibility index (Phi) is 6.89. The highest BCUT2D eigenvalue weighted by Crippen LogP contribution is 2.38. The number of fused-ring (bicyclic) bond motifs is 2. The first kappa shape index (κ1) is 25.9. The Bertz CT molecular complexity index is 1730. The minimum absolute atomic E-state index is 0.104. The van der Waals surface area contributed by atoms with Gasteiger partial charge < -0.3 is 14.2 Å². The predicted molar refractivity (Wildman–Crippen MR) is 151 cm³/mol. The zero-order valence-electron chi connectivity index (χ0n) is 22.1. The number of carbonyl (C=O) groups excluding carboxylic acids is 1. The van der Waals surface area contributed by atoms with Crippen molar-refractivity contribution in [2.24, 2.45) is 0 Å². The van der Waals surface area contributed by atoms with Crippen LogP contribution in [0.3, 0.4) is 0 Å². The number of anilines is 1. The maximum Gasteiger partial charge on any atom is 0.412 e. The lowest BCUT2D eigenvalue weighted by molar-refractivity contribution is 0.0400. The van der Waals surface area contributed by atoms with Crippen LogP contribution in [-0.4, -0.2) is 45.3 Å². The van der Waals surface area contributed by atoms with Crippen LogP contribution in [0.25, 0.3) is 31.7 Å². The summed E-state index contributed by atoms with van der Waals surface area (Å²) in [6, 6.07) is 9.06. The molecule has 0 unspecified atom stereocenters. The number of nitrogens with one attached hydrogen (secondary N) is 1. The molecule has 9 nitrogen and oxygen atoms in total. The second-order valence-corrected chi connectivity index (χ2v) is 10.7. The number of thiazole rings is 1. The van der Waals surface area contributed by atoms with E-state index in [1.807, 2.05) is 25.1 Å². The van der Waals surface area contributed by atoms with Crippen molar-refractivity contribution in [3.05, 3.63) is 66.1 Å². The fraction of sp³-hybridized carbons (Fsp3) is 0.276. The molecule has 0 saturated heterocycles. The highest BCUT2D eigenvalue weighted by Gasteiger charge is 2.33. The minimum atomic E-state index is -0.632. The molecular weight excluding hydrogens is 533 g/mol. The summed E-state index contributed by atoms with van der Waals surface area (Å²) in [5.41, 5.74) is 3.68. The van der Waals surface area contributed by atoms with E-state index in [1.165, 1.54) is 29.8 Å². The predicted octanol–water partition coefficient (Wildman–Crippen LogP) is 6.61. The summed E-state index contributed by atoms with van der Waals surface area (Å²) in [6.07, 6.45) is 5.13. The van der Waals surface area contributed by atoms with Crippen LogP contribution >= 0.6 is 11.3 Å². The van der Waals surface area contributed by atoms with Gasteiger partial charge in [0.05, 0.1) is 47.1 Å². The lowest BCUT2D eigenvalue weighted by Crippen LogP contribution is -2.32. The van der Waals surface area contributed by atoms with Gasteiger partial charge in [-0.3, -0.25) is 10.3 Å². The van der Waals surface area contributed by atoms with Crippen molar-refractivity contribution in [3.8, 4) is 22.1 Å². The van der Waals surface area contributed by atoms with E-state index in [0.29, 0.717) is 35.6 Å². The molecule has 6 rings (SSSR count). The molecule has 1 saturated carbocycles. The van der Waals surface area contributed by atoms with Crippen LogP contribution in [0.4, 0.5) is 14.9 Å². The van der Waals surface area contributed by atoms with Crippen molar-refractivity contribution < 1.29 is 23.4 Å². The number of ether oxygens (including phenoxy) is 3. The van der Waals surface area contributed by atoms with E-state index in [2.05, 4.69) is 20.3 Å². The number of aryl methyl sites for hydroxylation is 2. The first-order valence-corrected chi connectivity index (χ1v) is 13.7. The number of halogens is 1. The molecule has 3 heterocycles. The molecule has 11 heteroatoms. The van der Waals surface area contributed by atoms with E-state index in [-0.39, 0.29) is 5.75 Å². The third kappa shape index (κ3) is 5.24. The number of pyridine rings is 1. The molecule has 0 spiro atoms. The second-order valence-electron chi connectivity index (χ2n) is 9.70. The monoisotopic (exact) mass is 559 g/mol. The van der Waals surface area contributed by atoms with Crippen molar-refractivity contribution in [1.29, 1.82) is 0 Å². The third-order valence-electron chi connectivity index (χ3n) is 6.77. The normalized spacial score (nSPS) is 16.8. The van der Waals surface area contributed by atoms with Crippen LogP contribution in [0.2, 0.25) is 0 Å². The Labute approximate surface area is 233 Å². The summed E-state index contributed by atoms with van der Waals surface area (Å²) in [5, 5.41) is 4.30. The molecule has 204 valence electrons. The number of amides is 1. The Balaban J connectivity index is 1.23. The van der Waals surface area contributed by atoms with Crippen molar-refractivity contribution in [3.63, 3.8) is 0 Å². The molecular formula is C29H26FN5O4S. The number of nitrogens with zero attached hydrogens (tertiary/aromatic N) is 4. The molecule has 1 fully saturated rings. The molecule has 1 aliphatic rings. The van der Waals surface area contributed by atoms with Crippen molar-refractivity contribution in [2.75, 3.05) is 12.4 Å². The first-order chi connectivity index (χ1) is 19.4. The first-order valence-electron chi connectivity index (χ1n) is 12.8. The molecule has 3 aromatic heterocycles. The van der Waals surface area contributed by atoms with Crippen molar-refractivity contribution in [1.82, 2.24) is 19.9 Å². The van der Waals surface area contributed by atoms with Gasteiger partial charge in [-0.25, -0.2) is 24.1 Å². The molecule has 1 aliphatic carbocycles.